The first kappa shape index (κ1) is 16.9. The fraction of sp³-hybridized carbons (Fsp3) is 0.250. The Bertz CT molecular complexity index is 895. The summed E-state index contributed by atoms with van der Waals surface area (Å²) in [6, 6.07) is 6.74. The Balaban J connectivity index is 1.96. The van der Waals surface area contributed by atoms with Gasteiger partial charge in [-0.2, -0.15) is 14.6 Å². The number of anilines is 1. The first-order chi connectivity index (χ1) is 11.6. The van der Waals surface area contributed by atoms with Crippen molar-refractivity contribution in [3.63, 3.8) is 0 Å². The number of carbonyl (C=O) groups excluding carboxylic acids is 1. The van der Waals surface area contributed by atoms with Crippen LogP contribution < -0.4 is 5.32 Å². The van der Waals surface area contributed by atoms with Crippen molar-refractivity contribution >= 4 is 45.0 Å². The second-order valence-electron chi connectivity index (χ2n) is 5.26. The number of unbranched alkanes of at least 4 members (excludes halogenated alkanes) is 1. The zero-order valence-corrected chi connectivity index (χ0v) is 15.3. The van der Waals surface area contributed by atoms with Crippen molar-refractivity contribution in [3.8, 4) is 0 Å². The van der Waals surface area contributed by atoms with Crippen molar-refractivity contribution in [2.24, 2.45) is 0 Å². The van der Waals surface area contributed by atoms with E-state index < -0.39 is 0 Å². The average molecular weight is 409 g/mol. The van der Waals surface area contributed by atoms with Crippen molar-refractivity contribution in [3.05, 3.63) is 51.3 Å². The lowest BCUT2D eigenvalue weighted by Gasteiger charge is -2.09. The number of aromatic nitrogens is 4. The number of amides is 1. The number of hydrogen-bond donors (Lipinski definition) is 1. The Kier molecular flexibility index (Phi) is 5.11. The van der Waals surface area contributed by atoms with Crippen LogP contribution in [0.5, 0.6) is 0 Å². The van der Waals surface area contributed by atoms with Crippen LogP contribution >= 0.6 is 27.5 Å². The van der Waals surface area contributed by atoms with Gasteiger partial charge in [0.1, 0.15) is 5.82 Å². The van der Waals surface area contributed by atoms with Gasteiger partial charge in [-0.1, -0.05) is 31.0 Å². The van der Waals surface area contributed by atoms with Gasteiger partial charge in [-0.25, -0.2) is 4.98 Å². The van der Waals surface area contributed by atoms with E-state index in [2.05, 4.69) is 43.2 Å². The van der Waals surface area contributed by atoms with Gasteiger partial charge >= 0.3 is 0 Å². The van der Waals surface area contributed by atoms with E-state index in [9.17, 15) is 4.79 Å². The van der Waals surface area contributed by atoms with Crippen molar-refractivity contribution in [2.75, 3.05) is 5.32 Å². The third kappa shape index (κ3) is 3.57. The summed E-state index contributed by atoms with van der Waals surface area (Å²) in [7, 11) is 0. The molecule has 0 aliphatic carbocycles. The predicted molar refractivity (Wildman–Crippen MR) is 96.5 cm³/mol. The second-order valence-corrected chi connectivity index (χ2v) is 6.55. The maximum Gasteiger partial charge on any atom is 0.258 e. The van der Waals surface area contributed by atoms with Gasteiger partial charge in [-0.3, -0.25) is 10.1 Å². The highest BCUT2D eigenvalue weighted by Crippen LogP contribution is 2.20. The molecule has 0 saturated carbocycles. The van der Waals surface area contributed by atoms with Crippen molar-refractivity contribution in [1.82, 2.24) is 19.6 Å². The normalized spacial score (nSPS) is 11.0. The zero-order valence-electron chi connectivity index (χ0n) is 13.0. The van der Waals surface area contributed by atoms with Crippen molar-refractivity contribution < 1.29 is 4.79 Å². The maximum absolute atomic E-state index is 12.5. The van der Waals surface area contributed by atoms with E-state index in [0.717, 1.165) is 23.7 Å². The number of carbonyl (C=O) groups is 1. The van der Waals surface area contributed by atoms with Gasteiger partial charge in [0.15, 0.2) is 5.65 Å². The molecule has 0 unspecified atom stereocenters. The Morgan fingerprint density at radius 3 is 2.96 bits per heavy atom. The molecule has 124 valence electrons. The van der Waals surface area contributed by atoms with E-state index in [0.29, 0.717) is 28.0 Å². The van der Waals surface area contributed by atoms with Gasteiger partial charge in [0.05, 0.1) is 10.7 Å². The molecule has 0 radical (unpaired) electrons. The molecule has 6 nitrogen and oxygen atoms in total. The summed E-state index contributed by atoms with van der Waals surface area (Å²) in [6.07, 6.45) is 4.39. The van der Waals surface area contributed by atoms with Crippen LogP contribution in [0.2, 0.25) is 5.02 Å². The molecule has 0 aliphatic heterocycles. The van der Waals surface area contributed by atoms with E-state index in [-0.39, 0.29) is 5.91 Å². The average Bonchev–Trinajstić information content (AvgIpc) is 2.94. The highest BCUT2D eigenvalue weighted by molar-refractivity contribution is 9.10. The first-order valence-corrected chi connectivity index (χ1v) is 8.72. The van der Waals surface area contributed by atoms with Gasteiger partial charge < -0.3 is 0 Å². The predicted octanol–water partition coefficient (Wildman–Crippen LogP) is 4.14. The Morgan fingerprint density at radius 2 is 2.21 bits per heavy atom. The summed E-state index contributed by atoms with van der Waals surface area (Å²) < 4.78 is 2.25. The largest absolute Gasteiger partial charge is 0.290 e. The lowest BCUT2D eigenvalue weighted by atomic mass is 10.2. The summed E-state index contributed by atoms with van der Waals surface area (Å²) >= 11 is 9.36. The number of halogens is 2. The minimum atomic E-state index is -0.300. The molecule has 2 heterocycles. The Hall–Kier alpha value is -1.99. The van der Waals surface area contributed by atoms with E-state index in [4.69, 9.17) is 11.6 Å². The fourth-order valence-electron chi connectivity index (χ4n) is 2.23. The third-order valence-corrected chi connectivity index (χ3v) is 4.23. The van der Waals surface area contributed by atoms with Crippen LogP contribution in [0.25, 0.3) is 5.65 Å². The lowest BCUT2D eigenvalue weighted by Crippen LogP contribution is -2.17. The van der Waals surface area contributed by atoms with E-state index in [1.807, 2.05) is 0 Å². The van der Waals surface area contributed by atoms with Crippen molar-refractivity contribution in [1.29, 1.82) is 0 Å². The molecule has 1 N–H and O–H groups in total. The van der Waals surface area contributed by atoms with Gasteiger partial charge in [0.25, 0.3) is 5.91 Å². The van der Waals surface area contributed by atoms with Gasteiger partial charge in [0.2, 0.25) is 5.95 Å². The topological polar surface area (TPSA) is 72.2 Å². The second kappa shape index (κ2) is 7.27. The molecule has 1 aromatic carbocycles. The molecule has 0 spiro atoms. The quantitative estimate of drug-likeness (QED) is 0.689. The number of aryl methyl sites for hydroxylation is 1. The molecular weight excluding hydrogens is 394 g/mol. The number of hydrogen-bond acceptors (Lipinski definition) is 4. The number of nitrogens with one attached hydrogen (secondary N) is 1. The highest BCUT2D eigenvalue weighted by atomic mass is 79.9. The summed E-state index contributed by atoms with van der Waals surface area (Å²) in [6.45, 7) is 2.11. The molecule has 0 bridgehead atoms. The van der Waals surface area contributed by atoms with Crippen LogP contribution in [0.15, 0.2) is 34.9 Å². The number of nitrogens with zero attached hydrogens (tertiary/aromatic N) is 4. The molecule has 24 heavy (non-hydrogen) atoms. The number of benzene rings is 1. The molecule has 0 saturated heterocycles. The standard InChI is InChI=1S/C16H15BrClN5O/c1-2-3-7-13-20-14-12(17)9-19-23(14)16(21-13)22-15(24)10-5-4-6-11(18)8-10/h4-6,8-9H,2-3,7H2,1H3,(H,20,21,22,24). The SMILES string of the molecule is CCCCc1nc(NC(=O)c2cccc(Cl)c2)n2ncc(Br)c2n1. The van der Waals surface area contributed by atoms with E-state index in [1.54, 1.807) is 30.5 Å². The minimum absolute atomic E-state index is 0.300. The van der Waals surface area contributed by atoms with Crippen LogP contribution in [-0.4, -0.2) is 25.5 Å². The molecule has 8 heteroatoms. The molecule has 0 aliphatic rings. The summed E-state index contributed by atoms with van der Waals surface area (Å²) in [5, 5.41) is 7.50. The fourth-order valence-corrected chi connectivity index (χ4v) is 2.76. The molecule has 0 fully saturated rings. The third-order valence-electron chi connectivity index (χ3n) is 3.44. The Labute approximate surface area is 152 Å². The van der Waals surface area contributed by atoms with E-state index >= 15 is 0 Å². The summed E-state index contributed by atoms with van der Waals surface area (Å²) in [5.74, 6) is 0.708. The smallest absolute Gasteiger partial charge is 0.258 e. The number of fused-ring (bicyclic) bond motifs is 1. The molecule has 0 atom stereocenters. The molecule has 2 aromatic heterocycles. The van der Waals surface area contributed by atoms with Crippen LogP contribution in [0.4, 0.5) is 5.95 Å². The highest BCUT2D eigenvalue weighted by Gasteiger charge is 2.15. The summed E-state index contributed by atoms with van der Waals surface area (Å²) in [5.41, 5.74) is 1.08. The van der Waals surface area contributed by atoms with Crippen LogP contribution in [0.3, 0.4) is 0 Å². The monoisotopic (exact) mass is 407 g/mol. The maximum atomic E-state index is 12.5. The molecule has 1 amide bonds. The Morgan fingerprint density at radius 1 is 1.38 bits per heavy atom. The van der Waals surface area contributed by atoms with Crippen LogP contribution in [0, 0.1) is 0 Å². The molecule has 3 rings (SSSR count). The van der Waals surface area contributed by atoms with Crippen LogP contribution in [0.1, 0.15) is 35.9 Å². The molecular formula is C16H15BrClN5O. The first-order valence-electron chi connectivity index (χ1n) is 7.55. The van der Waals surface area contributed by atoms with E-state index in [1.165, 1.54) is 4.52 Å². The zero-order chi connectivity index (χ0) is 17.1. The lowest BCUT2D eigenvalue weighted by molar-refractivity contribution is 0.102. The summed E-state index contributed by atoms with van der Waals surface area (Å²) in [4.78, 5) is 21.4. The van der Waals surface area contributed by atoms with Gasteiger partial charge in [-0.05, 0) is 40.5 Å². The molecule has 3 aromatic rings. The van der Waals surface area contributed by atoms with Crippen LogP contribution in [-0.2, 0) is 6.42 Å². The van der Waals surface area contributed by atoms with Gasteiger partial charge in [-0.15, -0.1) is 0 Å². The van der Waals surface area contributed by atoms with Gasteiger partial charge in [0, 0.05) is 17.0 Å². The minimum Gasteiger partial charge on any atom is -0.290 e. The van der Waals surface area contributed by atoms with Crippen molar-refractivity contribution in [2.45, 2.75) is 26.2 Å². The number of rotatable bonds is 5.